The molecule has 0 atom stereocenters. The number of imidazole rings is 1. The number of urea groups is 1. The van der Waals surface area contributed by atoms with Crippen LogP contribution in [0.25, 0.3) is 11.0 Å². The van der Waals surface area contributed by atoms with Gasteiger partial charge in [0.25, 0.3) is 0 Å². The van der Waals surface area contributed by atoms with E-state index in [1.807, 2.05) is 60.6 Å². The number of rotatable bonds is 2. The van der Waals surface area contributed by atoms with E-state index in [0.29, 0.717) is 19.1 Å². The van der Waals surface area contributed by atoms with Crippen LogP contribution >= 0.6 is 0 Å². The summed E-state index contributed by atoms with van der Waals surface area (Å²) < 4.78 is 2.16. The molecule has 23 heavy (non-hydrogen) atoms. The smallest absolute Gasteiger partial charge is 0.321 e. The summed E-state index contributed by atoms with van der Waals surface area (Å²) in [5.41, 5.74) is 4.09. The van der Waals surface area contributed by atoms with E-state index < -0.39 is 0 Å². The topological polar surface area (TPSA) is 50.2 Å². The van der Waals surface area contributed by atoms with E-state index in [-0.39, 0.29) is 6.03 Å². The molecule has 1 saturated heterocycles. The van der Waals surface area contributed by atoms with Gasteiger partial charge in [0.2, 0.25) is 0 Å². The molecule has 4 rings (SSSR count). The van der Waals surface area contributed by atoms with E-state index in [4.69, 9.17) is 0 Å². The number of para-hydroxylation sites is 2. The number of aromatic nitrogens is 2. The largest absolute Gasteiger partial charge is 0.324 e. The van der Waals surface area contributed by atoms with Crippen LogP contribution in [0.15, 0.2) is 54.9 Å². The lowest BCUT2D eigenvalue weighted by atomic mass is 10.1. The second kappa shape index (κ2) is 5.43. The predicted molar refractivity (Wildman–Crippen MR) is 90.5 cm³/mol. The fourth-order valence-electron chi connectivity index (χ4n) is 2.99. The number of hydrogen-bond acceptors (Lipinski definition) is 2. The minimum atomic E-state index is -0.0451. The molecule has 2 heterocycles. The van der Waals surface area contributed by atoms with Crippen LogP contribution in [0.1, 0.15) is 11.6 Å². The molecule has 5 nitrogen and oxygen atoms in total. The first kappa shape index (κ1) is 13.8. The molecule has 1 aliphatic heterocycles. The summed E-state index contributed by atoms with van der Waals surface area (Å²) in [6.45, 7) is 3.43. The lowest BCUT2D eigenvalue weighted by molar-refractivity contribution is 0.137. The van der Waals surface area contributed by atoms with Gasteiger partial charge in [0.05, 0.1) is 23.4 Å². The number of anilines is 1. The highest BCUT2D eigenvalue weighted by Crippen LogP contribution is 2.26. The number of aryl methyl sites for hydroxylation is 1. The molecule has 1 aliphatic rings. The molecule has 3 aromatic rings. The average Bonchev–Trinajstić information content (AvgIpc) is 2.90. The minimum Gasteiger partial charge on any atom is -0.324 e. The third-order valence-electron chi connectivity index (χ3n) is 4.29. The summed E-state index contributed by atoms with van der Waals surface area (Å²) in [5, 5.41) is 2.95. The lowest BCUT2D eigenvalue weighted by Crippen LogP contribution is -2.52. The van der Waals surface area contributed by atoms with E-state index >= 15 is 0 Å². The molecular weight excluding hydrogens is 288 g/mol. The lowest BCUT2D eigenvalue weighted by Gasteiger charge is -2.39. The van der Waals surface area contributed by atoms with Crippen LogP contribution in [0.4, 0.5) is 10.5 Å². The van der Waals surface area contributed by atoms with E-state index in [2.05, 4.69) is 20.9 Å². The maximum atomic E-state index is 12.3. The number of amides is 2. The van der Waals surface area contributed by atoms with Crippen molar-refractivity contribution in [3.05, 3.63) is 60.4 Å². The van der Waals surface area contributed by atoms with Crippen LogP contribution in [-0.2, 0) is 0 Å². The molecule has 2 aromatic carbocycles. The number of nitrogens with zero attached hydrogens (tertiary/aromatic N) is 3. The van der Waals surface area contributed by atoms with Crippen molar-refractivity contribution in [1.29, 1.82) is 0 Å². The summed E-state index contributed by atoms with van der Waals surface area (Å²) in [4.78, 5) is 18.5. The predicted octanol–water partition coefficient (Wildman–Crippen LogP) is 3.43. The van der Waals surface area contributed by atoms with Gasteiger partial charge in [-0.05, 0) is 36.8 Å². The van der Waals surface area contributed by atoms with Crippen molar-refractivity contribution < 1.29 is 4.79 Å². The van der Waals surface area contributed by atoms with E-state index in [0.717, 1.165) is 22.3 Å². The van der Waals surface area contributed by atoms with Gasteiger partial charge in [-0.2, -0.15) is 0 Å². The summed E-state index contributed by atoms with van der Waals surface area (Å²) in [7, 11) is 0. The number of carbonyl (C=O) groups excluding carboxylic acids is 1. The van der Waals surface area contributed by atoms with Crippen LogP contribution in [0.3, 0.4) is 0 Å². The van der Waals surface area contributed by atoms with Crippen LogP contribution in [0.2, 0.25) is 0 Å². The second-order valence-corrected chi connectivity index (χ2v) is 6.00. The molecular formula is C18H18N4O. The van der Waals surface area contributed by atoms with Gasteiger partial charge in [0, 0.05) is 18.8 Å². The Hall–Kier alpha value is -2.82. The van der Waals surface area contributed by atoms with Crippen molar-refractivity contribution in [2.24, 2.45) is 0 Å². The quantitative estimate of drug-likeness (QED) is 0.788. The maximum absolute atomic E-state index is 12.3. The number of nitrogens with one attached hydrogen (secondary N) is 1. The zero-order valence-electron chi connectivity index (χ0n) is 12.9. The SMILES string of the molecule is Cc1cccc(NC(=O)N2CC(n3cnc4ccccc43)C2)c1. The Morgan fingerprint density at radius 2 is 2.00 bits per heavy atom. The first-order valence-corrected chi connectivity index (χ1v) is 7.75. The molecule has 0 bridgehead atoms. The highest BCUT2D eigenvalue weighted by Gasteiger charge is 2.32. The van der Waals surface area contributed by atoms with Gasteiger partial charge in [-0.25, -0.2) is 9.78 Å². The van der Waals surface area contributed by atoms with E-state index in [1.54, 1.807) is 0 Å². The molecule has 5 heteroatoms. The van der Waals surface area contributed by atoms with Gasteiger partial charge in [-0.3, -0.25) is 0 Å². The Labute approximate surface area is 134 Å². The molecule has 0 unspecified atom stereocenters. The molecule has 1 aromatic heterocycles. The zero-order valence-corrected chi connectivity index (χ0v) is 12.9. The monoisotopic (exact) mass is 306 g/mol. The summed E-state index contributed by atoms with van der Waals surface area (Å²) in [5.74, 6) is 0. The van der Waals surface area contributed by atoms with E-state index in [1.165, 1.54) is 0 Å². The standard InChI is InChI=1S/C18H18N4O/c1-13-5-4-6-14(9-13)20-18(23)21-10-15(11-21)22-12-19-16-7-2-3-8-17(16)22/h2-9,12,15H,10-11H2,1H3,(H,20,23). The Bertz CT molecular complexity index is 864. The van der Waals surface area contributed by atoms with Crippen molar-refractivity contribution in [2.75, 3.05) is 18.4 Å². The number of hydrogen-bond donors (Lipinski definition) is 1. The van der Waals surface area contributed by atoms with Gasteiger partial charge in [-0.15, -0.1) is 0 Å². The maximum Gasteiger partial charge on any atom is 0.321 e. The highest BCUT2D eigenvalue weighted by atomic mass is 16.2. The highest BCUT2D eigenvalue weighted by molar-refractivity contribution is 5.90. The van der Waals surface area contributed by atoms with Crippen LogP contribution in [-0.4, -0.2) is 33.6 Å². The van der Waals surface area contributed by atoms with Gasteiger partial charge in [0.1, 0.15) is 0 Å². The fraction of sp³-hybridized carbons (Fsp3) is 0.222. The van der Waals surface area contributed by atoms with Crippen molar-refractivity contribution in [1.82, 2.24) is 14.5 Å². The van der Waals surface area contributed by atoms with Crippen molar-refractivity contribution in [2.45, 2.75) is 13.0 Å². The summed E-state index contributed by atoms with van der Waals surface area (Å²) in [6, 6.07) is 16.2. The first-order chi connectivity index (χ1) is 11.2. The first-order valence-electron chi connectivity index (χ1n) is 7.75. The summed E-state index contributed by atoms with van der Waals surface area (Å²) in [6.07, 6.45) is 1.87. The van der Waals surface area contributed by atoms with Gasteiger partial charge >= 0.3 is 6.03 Å². The molecule has 2 amide bonds. The van der Waals surface area contributed by atoms with Gasteiger partial charge in [0.15, 0.2) is 0 Å². The Morgan fingerprint density at radius 1 is 1.17 bits per heavy atom. The minimum absolute atomic E-state index is 0.0451. The van der Waals surface area contributed by atoms with Gasteiger partial charge in [-0.1, -0.05) is 24.3 Å². The Morgan fingerprint density at radius 3 is 2.83 bits per heavy atom. The molecule has 116 valence electrons. The Balaban J connectivity index is 1.42. The van der Waals surface area contributed by atoms with Crippen LogP contribution in [0.5, 0.6) is 0 Å². The molecule has 0 saturated carbocycles. The van der Waals surface area contributed by atoms with Crippen LogP contribution in [0, 0.1) is 6.92 Å². The van der Waals surface area contributed by atoms with Crippen LogP contribution < -0.4 is 5.32 Å². The number of likely N-dealkylation sites (tertiary alicyclic amines) is 1. The van der Waals surface area contributed by atoms with Crippen molar-refractivity contribution >= 4 is 22.8 Å². The second-order valence-electron chi connectivity index (χ2n) is 6.00. The Kier molecular flexibility index (Phi) is 3.26. The number of fused-ring (bicyclic) bond motifs is 1. The zero-order chi connectivity index (χ0) is 15.8. The number of carbonyl (C=O) groups is 1. The molecule has 0 spiro atoms. The normalized spacial score (nSPS) is 14.7. The molecule has 0 radical (unpaired) electrons. The fourth-order valence-corrected chi connectivity index (χ4v) is 2.99. The number of benzene rings is 2. The van der Waals surface area contributed by atoms with E-state index in [9.17, 15) is 4.79 Å². The summed E-state index contributed by atoms with van der Waals surface area (Å²) >= 11 is 0. The average molecular weight is 306 g/mol. The molecule has 1 N–H and O–H groups in total. The molecule has 1 fully saturated rings. The molecule has 0 aliphatic carbocycles. The third-order valence-corrected chi connectivity index (χ3v) is 4.29. The van der Waals surface area contributed by atoms with Gasteiger partial charge < -0.3 is 14.8 Å². The third kappa shape index (κ3) is 2.54. The van der Waals surface area contributed by atoms with Crippen molar-refractivity contribution in [3.63, 3.8) is 0 Å². The van der Waals surface area contributed by atoms with Crippen molar-refractivity contribution in [3.8, 4) is 0 Å².